The first-order valence-corrected chi connectivity index (χ1v) is 13.7. The van der Waals surface area contributed by atoms with Crippen molar-refractivity contribution < 1.29 is 33.2 Å². The fourth-order valence-corrected chi connectivity index (χ4v) is 4.89. The molecule has 5 rings (SSSR count). The summed E-state index contributed by atoms with van der Waals surface area (Å²) in [6.45, 7) is 4.95. The highest BCUT2D eigenvalue weighted by molar-refractivity contribution is 7.21. The van der Waals surface area contributed by atoms with Gasteiger partial charge in [-0.25, -0.2) is 34.1 Å². The van der Waals surface area contributed by atoms with E-state index in [1.54, 1.807) is 26.1 Å². The second kappa shape index (κ2) is 12.4. The number of ether oxygens (including phenoxy) is 4. The lowest BCUT2D eigenvalue weighted by Crippen LogP contribution is -2.25. The van der Waals surface area contributed by atoms with Gasteiger partial charge in [0.15, 0.2) is 11.6 Å². The van der Waals surface area contributed by atoms with Gasteiger partial charge in [-0.15, -0.1) is 11.3 Å². The third-order valence-corrected chi connectivity index (χ3v) is 6.92. The van der Waals surface area contributed by atoms with Crippen molar-refractivity contribution in [1.82, 2.24) is 24.9 Å². The number of fused-ring (bicyclic) bond motifs is 2. The predicted molar refractivity (Wildman–Crippen MR) is 154 cm³/mol. The molecule has 2 atom stereocenters. The van der Waals surface area contributed by atoms with E-state index < -0.39 is 24.1 Å². The molecule has 0 spiro atoms. The first kappa shape index (κ1) is 28.8. The molecule has 0 aliphatic rings. The minimum Gasteiger partial charge on any atom is -0.487 e. The summed E-state index contributed by atoms with van der Waals surface area (Å²) in [7, 11) is 1.53. The molecule has 12 nitrogen and oxygen atoms in total. The molecule has 3 aromatic heterocycles. The van der Waals surface area contributed by atoms with Crippen LogP contribution in [0.1, 0.15) is 19.4 Å². The average molecular weight is 595 g/mol. The number of methoxy groups -OCH3 is 1. The van der Waals surface area contributed by atoms with Crippen LogP contribution in [0.15, 0.2) is 42.9 Å². The van der Waals surface area contributed by atoms with Crippen molar-refractivity contribution in [2.45, 2.75) is 33.0 Å². The van der Waals surface area contributed by atoms with Crippen LogP contribution in [0.2, 0.25) is 0 Å². The van der Waals surface area contributed by atoms with Gasteiger partial charge in [-0.1, -0.05) is 0 Å². The molecule has 0 saturated heterocycles. The fourth-order valence-electron chi connectivity index (χ4n) is 3.89. The molecule has 42 heavy (non-hydrogen) atoms. The summed E-state index contributed by atoms with van der Waals surface area (Å²) in [6.07, 6.45) is 2.29. The van der Waals surface area contributed by atoms with Gasteiger partial charge < -0.3 is 24.1 Å². The molecular weight excluding hydrogens is 567 g/mol. The Labute approximate surface area is 243 Å². The number of aliphatic hydroxyl groups is 1. The van der Waals surface area contributed by atoms with Gasteiger partial charge in [0.1, 0.15) is 23.8 Å². The monoisotopic (exact) mass is 594 g/mol. The third kappa shape index (κ3) is 6.61. The molecule has 5 aromatic rings. The van der Waals surface area contributed by atoms with Gasteiger partial charge in [0.2, 0.25) is 5.88 Å². The summed E-state index contributed by atoms with van der Waals surface area (Å²) in [6, 6.07) is 6.82. The van der Waals surface area contributed by atoms with Crippen molar-refractivity contribution in [1.29, 1.82) is 0 Å². The topological polar surface area (TPSA) is 151 Å². The van der Waals surface area contributed by atoms with E-state index in [1.807, 2.05) is 19.1 Å². The van der Waals surface area contributed by atoms with Crippen molar-refractivity contribution in [2.75, 3.05) is 25.6 Å². The van der Waals surface area contributed by atoms with Crippen molar-refractivity contribution in [3.05, 3.63) is 54.2 Å². The number of halogens is 1. The molecule has 0 radical (unpaired) electrons. The molecule has 0 aliphatic heterocycles. The molecule has 0 saturated carbocycles. The predicted octanol–water partition coefficient (Wildman–Crippen LogP) is 4.93. The lowest BCUT2D eigenvalue weighted by molar-refractivity contribution is 0.0843. The number of thiazole rings is 1. The maximum Gasteiger partial charge on any atom is 0.412 e. The number of hydrogen-bond acceptors (Lipinski definition) is 12. The molecular formula is C28H27FN6O6S. The number of nitrogens with zero attached hydrogens (tertiary/aromatic N) is 5. The maximum absolute atomic E-state index is 14.9. The SMILES string of the molecule is COc1cnc2c(-c3nc4cc(F)c(OC[C@@H](C)OC(=O)Nc5cnc(O[C@H](C)CO)nc5)cc4s3)cc(C)cc2n1. The molecule has 1 amide bonds. The maximum atomic E-state index is 14.9. The van der Waals surface area contributed by atoms with E-state index in [2.05, 4.69) is 30.2 Å². The summed E-state index contributed by atoms with van der Waals surface area (Å²) >= 11 is 1.37. The fraction of sp³-hybridized carbons (Fsp3) is 0.286. The molecule has 0 aliphatic carbocycles. The van der Waals surface area contributed by atoms with Gasteiger partial charge in [0.25, 0.3) is 0 Å². The van der Waals surface area contributed by atoms with E-state index >= 15 is 0 Å². The number of hydrogen-bond donors (Lipinski definition) is 2. The molecule has 14 heteroatoms. The van der Waals surface area contributed by atoms with Crippen LogP contribution in [-0.2, 0) is 4.74 Å². The van der Waals surface area contributed by atoms with Gasteiger partial charge in [0, 0.05) is 17.7 Å². The molecule has 0 bridgehead atoms. The Balaban J connectivity index is 1.24. The Morgan fingerprint density at radius 1 is 1.05 bits per heavy atom. The van der Waals surface area contributed by atoms with Crippen molar-refractivity contribution in [3.63, 3.8) is 0 Å². The Morgan fingerprint density at radius 3 is 2.57 bits per heavy atom. The molecule has 0 fully saturated rings. The van der Waals surface area contributed by atoms with Gasteiger partial charge >= 0.3 is 12.1 Å². The minimum atomic E-state index is -0.763. The van der Waals surface area contributed by atoms with E-state index in [0.29, 0.717) is 32.1 Å². The first-order chi connectivity index (χ1) is 20.2. The Kier molecular flexibility index (Phi) is 8.54. The van der Waals surface area contributed by atoms with E-state index in [9.17, 15) is 9.18 Å². The number of rotatable bonds is 10. The van der Waals surface area contributed by atoms with Gasteiger partial charge in [-0.05, 0) is 38.5 Å². The lowest BCUT2D eigenvalue weighted by Gasteiger charge is -2.15. The molecule has 2 N–H and O–H groups in total. The van der Waals surface area contributed by atoms with Crippen LogP contribution in [0, 0.1) is 12.7 Å². The van der Waals surface area contributed by atoms with Crippen molar-refractivity contribution in [3.8, 4) is 28.2 Å². The highest BCUT2D eigenvalue weighted by Crippen LogP contribution is 2.37. The van der Waals surface area contributed by atoms with Crippen LogP contribution in [-0.4, -0.2) is 68.7 Å². The number of carbonyl (C=O) groups is 1. The Hall–Kier alpha value is -4.69. The highest BCUT2D eigenvalue weighted by atomic mass is 32.1. The summed E-state index contributed by atoms with van der Waals surface area (Å²) in [5.74, 6) is -0.177. The number of nitrogens with one attached hydrogen (secondary N) is 1. The number of anilines is 1. The standard InChI is InChI=1S/C28H27FN6O6S/c1-14-5-18(25-21(6-14)34-24(38-4)11-30-25)26-35-20-7-19(29)22(8-23(20)42-26)39-13-16(3)41-28(37)33-17-9-31-27(32-10-17)40-15(2)12-36/h5-11,15-16,36H,12-13H2,1-4H3,(H,33,37)/t15-,16-/m1/s1. The summed E-state index contributed by atoms with van der Waals surface area (Å²) in [5, 5.41) is 12.2. The van der Waals surface area contributed by atoms with Crippen LogP contribution < -0.4 is 19.5 Å². The second-order valence-corrected chi connectivity index (χ2v) is 10.4. The number of aryl methyl sites for hydroxylation is 1. The van der Waals surface area contributed by atoms with Gasteiger partial charge in [-0.2, -0.15) is 0 Å². The van der Waals surface area contributed by atoms with Crippen LogP contribution in [0.3, 0.4) is 0 Å². The van der Waals surface area contributed by atoms with Crippen LogP contribution in [0.5, 0.6) is 17.6 Å². The first-order valence-electron chi connectivity index (χ1n) is 12.8. The second-order valence-electron chi connectivity index (χ2n) is 9.38. The van der Waals surface area contributed by atoms with E-state index in [-0.39, 0.29) is 30.7 Å². The van der Waals surface area contributed by atoms with E-state index in [1.165, 1.54) is 36.9 Å². The zero-order chi connectivity index (χ0) is 29.8. The molecule has 218 valence electrons. The minimum absolute atomic E-state index is 0.00767. The normalized spacial score (nSPS) is 12.6. The zero-order valence-electron chi connectivity index (χ0n) is 23.1. The lowest BCUT2D eigenvalue weighted by atomic mass is 10.1. The number of carbonyl (C=O) groups excluding carboxylic acids is 1. The van der Waals surface area contributed by atoms with Crippen LogP contribution in [0.4, 0.5) is 14.9 Å². The van der Waals surface area contributed by atoms with E-state index in [0.717, 1.165) is 11.1 Å². The van der Waals surface area contributed by atoms with Crippen LogP contribution in [0.25, 0.3) is 31.8 Å². The van der Waals surface area contributed by atoms with Crippen molar-refractivity contribution in [2.24, 2.45) is 0 Å². The molecule has 3 heterocycles. The Morgan fingerprint density at radius 2 is 1.83 bits per heavy atom. The summed E-state index contributed by atoms with van der Waals surface area (Å²) in [5.41, 5.74) is 3.84. The Bertz CT molecular complexity index is 1730. The number of aliphatic hydroxyl groups excluding tert-OH is 1. The summed E-state index contributed by atoms with van der Waals surface area (Å²) in [4.78, 5) is 33.8. The van der Waals surface area contributed by atoms with Gasteiger partial charge in [0.05, 0.1) is 59.2 Å². The molecule has 2 aromatic carbocycles. The number of benzene rings is 2. The van der Waals surface area contributed by atoms with Crippen molar-refractivity contribution >= 4 is 44.4 Å². The molecule has 0 unspecified atom stereocenters. The average Bonchev–Trinajstić information content (AvgIpc) is 3.38. The number of aromatic nitrogens is 5. The largest absolute Gasteiger partial charge is 0.487 e. The smallest absolute Gasteiger partial charge is 0.412 e. The van der Waals surface area contributed by atoms with Crippen LogP contribution >= 0.6 is 11.3 Å². The zero-order valence-corrected chi connectivity index (χ0v) is 23.9. The van der Waals surface area contributed by atoms with Gasteiger partial charge in [-0.3, -0.25) is 5.32 Å². The number of amides is 1. The quantitative estimate of drug-likeness (QED) is 0.227. The van der Waals surface area contributed by atoms with E-state index in [4.69, 9.17) is 24.1 Å². The third-order valence-electron chi connectivity index (χ3n) is 5.87. The summed E-state index contributed by atoms with van der Waals surface area (Å²) < 4.78 is 37.0. The highest BCUT2D eigenvalue weighted by Gasteiger charge is 2.17.